The van der Waals surface area contributed by atoms with Gasteiger partial charge >= 0.3 is 0 Å². The van der Waals surface area contributed by atoms with Crippen LogP contribution in [0.5, 0.6) is 0 Å². The van der Waals surface area contributed by atoms with Crippen molar-refractivity contribution in [1.82, 2.24) is 0 Å². The fourth-order valence-electron chi connectivity index (χ4n) is 0.195. The number of carbonyl (C=O) groups is 1. The Morgan fingerprint density at radius 3 is 1.60 bits per heavy atom. The molecular formula is C4HCl5O. The molecule has 0 amide bonds. The average molecular weight is 242 g/mol. The molecule has 0 aliphatic carbocycles. The lowest BCUT2D eigenvalue weighted by Crippen LogP contribution is -2.07. The standard InChI is InChI=1S/C4HCl5O/c5-1(3(7)8)2(6)4(9)10/h2H. The lowest BCUT2D eigenvalue weighted by atomic mass is 10.4. The van der Waals surface area contributed by atoms with Crippen LogP contribution in [0.2, 0.25) is 0 Å². The predicted octanol–water partition coefficient (Wildman–Crippen LogP) is 3.24. The number of halogens is 5. The van der Waals surface area contributed by atoms with E-state index in [2.05, 4.69) is 0 Å². The molecular weight excluding hydrogens is 241 g/mol. The topological polar surface area (TPSA) is 17.1 Å². The molecule has 0 fully saturated rings. The second-order valence-corrected chi connectivity index (χ2v) is 3.44. The minimum absolute atomic E-state index is 0.162. The molecule has 0 N–H and O–H groups in total. The van der Waals surface area contributed by atoms with E-state index in [1.54, 1.807) is 0 Å². The first-order valence-corrected chi connectivity index (χ1v) is 3.95. The zero-order valence-corrected chi connectivity index (χ0v) is 8.16. The smallest absolute Gasteiger partial charge is 0.245 e. The van der Waals surface area contributed by atoms with Gasteiger partial charge in [-0.15, -0.1) is 11.6 Å². The van der Waals surface area contributed by atoms with E-state index in [1.807, 2.05) is 0 Å². The molecule has 10 heavy (non-hydrogen) atoms. The van der Waals surface area contributed by atoms with E-state index in [0.29, 0.717) is 0 Å². The SMILES string of the molecule is O=C(Cl)C(Cl)C(Cl)=C(Cl)Cl. The molecule has 6 heteroatoms. The monoisotopic (exact) mass is 240 g/mol. The normalized spacial score (nSPS) is 12.5. The van der Waals surface area contributed by atoms with E-state index in [1.165, 1.54) is 0 Å². The lowest BCUT2D eigenvalue weighted by molar-refractivity contribution is -0.110. The van der Waals surface area contributed by atoms with Gasteiger partial charge in [0.05, 0.1) is 5.03 Å². The molecule has 0 radical (unpaired) electrons. The minimum atomic E-state index is -1.16. The molecule has 0 aliphatic heterocycles. The quantitative estimate of drug-likeness (QED) is 0.536. The highest BCUT2D eigenvalue weighted by Gasteiger charge is 2.18. The van der Waals surface area contributed by atoms with Gasteiger partial charge in [0.25, 0.3) is 0 Å². The Bertz CT molecular complexity index is 170. The van der Waals surface area contributed by atoms with Gasteiger partial charge in [-0.05, 0) is 11.6 Å². The van der Waals surface area contributed by atoms with Crippen molar-refractivity contribution in [3.05, 3.63) is 9.52 Å². The van der Waals surface area contributed by atoms with Crippen molar-refractivity contribution >= 4 is 63.2 Å². The fourth-order valence-corrected chi connectivity index (χ4v) is 0.899. The van der Waals surface area contributed by atoms with Crippen LogP contribution in [-0.2, 0) is 4.79 Å². The second-order valence-electron chi connectivity index (χ2n) is 1.28. The number of alkyl halides is 1. The first-order chi connectivity index (χ1) is 4.46. The van der Waals surface area contributed by atoms with E-state index >= 15 is 0 Å². The number of rotatable bonds is 2. The van der Waals surface area contributed by atoms with Gasteiger partial charge in [0.1, 0.15) is 9.87 Å². The van der Waals surface area contributed by atoms with Gasteiger partial charge in [0.2, 0.25) is 5.24 Å². The summed E-state index contributed by atoms with van der Waals surface area (Å²) in [5.74, 6) is 0. The van der Waals surface area contributed by atoms with Gasteiger partial charge in [-0.2, -0.15) is 0 Å². The van der Waals surface area contributed by atoms with E-state index in [4.69, 9.17) is 58.0 Å². The molecule has 0 aromatic rings. The number of hydrogen-bond donors (Lipinski definition) is 0. The van der Waals surface area contributed by atoms with E-state index < -0.39 is 10.6 Å². The molecule has 0 spiro atoms. The molecule has 1 atom stereocenters. The molecule has 1 nitrogen and oxygen atoms in total. The third-order valence-electron chi connectivity index (χ3n) is 0.602. The van der Waals surface area contributed by atoms with E-state index in [9.17, 15) is 4.79 Å². The van der Waals surface area contributed by atoms with Crippen LogP contribution >= 0.6 is 58.0 Å². The van der Waals surface area contributed by atoms with Crippen LogP contribution in [0.3, 0.4) is 0 Å². The highest BCUT2D eigenvalue weighted by molar-refractivity contribution is 6.72. The Morgan fingerprint density at radius 1 is 1.10 bits per heavy atom. The Morgan fingerprint density at radius 2 is 1.50 bits per heavy atom. The highest BCUT2D eigenvalue weighted by atomic mass is 35.5. The minimum Gasteiger partial charge on any atom is -0.279 e. The lowest BCUT2D eigenvalue weighted by Gasteiger charge is -2.00. The zero-order valence-electron chi connectivity index (χ0n) is 4.38. The molecule has 0 bridgehead atoms. The molecule has 58 valence electrons. The van der Waals surface area contributed by atoms with E-state index in [-0.39, 0.29) is 9.52 Å². The summed E-state index contributed by atoms with van der Waals surface area (Å²) in [6, 6.07) is 0. The third kappa shape index (κ3) is 3.31. The maximum atomic E-state index is 10.3. The molecule has 0 saturated heterocycles. The zero-order chi connectivity index (χ0) is 8.31. The van der Waals surface area contributed by atoms with Crippen LogP contribution in [0.4, 0.5) is 0 Å². The third-order valence-corrected chi connectivity index (χ3v) is 2.47. The summed E-state index contributed by atoms with van der Waals surface area (Å²) in [5.41, 5.74) is 0. The number of hydrogen-bond acceptors (Lipinski definition) is 1. The summed E-state index contributed by atoms with van der Waals surface area (Å²) in [6.45, 7) is 0. The number of carbonyl (C=O) groups excluding carboxylic acids is 1. The Balaban J connectivity index is 4.37. The van der Waals surface area contributed by atoms with Gasteiger partial charge in [0.15, 0.2) is 0 Å². The Kier molecular flexibility index (Phi) is 5.08. The Hall–Kier alpha value is 0.860. The van der Waals surface area contributed by atoms with Crippen LogP contribution in [0.1, 0.15) is 0 Å². The van der Waals surface area contributed by atoms with Gasteiger partial charge < -0.3 is 0 Å². The van der Waals surface area contributed by atoms with Gasteiger partial charge in [-0.3, -0.25) is 4.79 Å². The van der Waals surface area contributed by atoms with Crippen molar-refractivity contribution in [2.75, 3.05) is 0 Å². The van der Waals surface area contributed by atoms with Crippen molar-refractivity contribution in [3.63, 3.8) is 0 Å². The van der Waals surface area contributed by atoms with Gasteiger partial charge in [0, 0.05) is 0 Å². The van der Waals surface area contributed by atoms with Crippen molar-refractivity contribution in [3.8, 4) is 0 Å². The highest BCUT2D eigenvalue weighted by Crippen LogP contribution is 2.25. The molecule has 0 aliphatic rings. The maximum Gasteiger partial charge on any atom is 0.245 e. The van der Waals surface area contributed by atoms with Crippen LogP contribution in [-0.4, -0.2) is 10.6 Å². The van der Waals surface area contributed by atoms with Crippen molar-refractivity contribution in [2.24, 2.45) is 0 Å². The van der Waals surface area contributed by atoms with Crippen molar-refractivity contribution < 1.29 is 4.79 Å². The molecule has 0 rings (SSSR count). The van der Waals surface area contributed by atoms with Crippen LogP contribution in [0.25, 0.3) is 0 Å². The summed E-state index contributed by atoms with van der Waals surface area (Å²) >= 11 is 26.0. The van der Waals surface area contributed by atoms with Crippen LogP contribution < -0.4 is 0 Å². The Labute approximate surface area is 82.8 Å². The largest absolute Gasteiger partial charge is 0.279 e. The van der Waals surface area contributed by atoms with Crippen molar-refractivity contribution in [1.29, 1.82) is 0 Å². The fraction of sp³-hybridized carbons (Fsp3) is 0.250. The molecule has 1 unspecified atom stereocenters. The summed E-state index contributed by atoms with van der Waals surface area (Å²) in [5, 5.41) is -2.14. The molecule has 0 aromatic heterocycles. The molecule has 0 saturated carbocycles. The number of allylic oxidation sites excluding steroid dienone is 1. The first kappa shape index (κ1) is 10.9. The summed E-state index contributed by atoms with van der Waals surface area (Å²) < 4.78 is -0.254. The van der Waals surface area contributed by atoms with Crippen LogP contribution in [0, 0.1) is 0 Å². The molecule has 0 aromatic carbocycles. The predicted molar refractivity (Wildman–Crippen MR) is 45.1 cm³/mol. The van der Waals surface area contributed by atoms with Crippen LogP contribution in [0.15, 0.2) is 9.52 Å². The summed E-state index contributed by atoms with van der Waals surface area (Å²) in [7, 11) is 0. The van der Waals surface area contributed by atoms with Gasteiger partial charge in [-0.1, -0.05) is 34.8 Å². The van der Waals surface area contributed by atoms with Crippen molar-refractivity contribution in [2.45, 2.75) is 5.38 Å². The average Bonchev–Trinajstić information content (AvgIpc) is 1.84. The maximum absolute atomic E-state index is 10.3. The molecule has 0 heterocycles. The first-order valence-electron chi connectivity index (χ1n) is 2.01. The second kappa shape index (κ2) is 4.68. The summed E-state index contributed by atoms with van der Waals surface area (Å²) in [4.78, 5) is 10.3. The van der Waals surface area contributed by atoms with E-state index in [0.717, 1.165) is 0 Å². The summed E-state index contributed by atoms with van der Waals surface area (Å²) in [6.07, 6.45) is 0. The van der Waals surface area contributed by atoms with Gasteiger partial charge in [-0.25, -0.2) is 0 Å².